The standard InChI is InChI=1S/C19H19N3OS/c23-19(15-5-8-17-18(11-15)24-13-20-17)21-16-6-3-14(4-7-16)12-22-9-1-2-10-22/h3-8,11,13H,1-2,9-10,12H2,(H,21,23). The van der Waals surface area contributed by atoms with Crippen LogP contribution in [-0.2, 0) is 6.54 Å². The fourth-order valence-electron chi connectivity index (χ4n) is 3.09. The molecule has 1 saturated heterocycles. The molecule has 0 atom stereocenters. The SMILES string of the molecule is O=C(Nc1ccc(CN2CCCC2)cc1)c1ccc2ncsc2c1. The average Bonchev–Trinajstić information content (AvgIpc) is 3.27. The lowest BCUT2D eigenvalue weighted by molar-refractivity contribution is 0.102. The quantitative estimate of drug-likeness (QED) is 0.778. The first-order chi connectivity index (χ1) is 11.8. The zero-order valence-corrected chi connectivity index (χ0v) is 14.2. The molecule has 0 bridgehead atoms. The third-order valence-corrected chi connectivity index (χ3v) is 5.20. The Morgan fingerprint density at radius 3 is 2.71 bits per heavy atom. The summed E-state index contributed by atoms with van der Waals surface area (Å²) in [7, 11) is 0. The Morgan fingerprint density at radius 1 is 1.12 bits per heavy atom. The molecule has 122 valence electrons. The van der Waals surface area contributed by atoms with E-state index in [9.17, 15) is 4.79 Å². The Morgan fingerprint density at radius 2 is 1.92 bits per heavy atom. The van der Waals surface area contributed by atoms with E-state index in [1.807, 2.05) is 30.3 Å². The van der Waals surface area contributed by atoms with Gasteiger partial charge >= 0.3 is 0 Å². The van der Waals surface area contributed by atoms with Gasteiger partial charge in [0.25, 0.3) is 5.91 Å². The Labute approximate surface area is 145 Å². The van der Waals surface area contributed by atoms with Gasteiger partial charge in [0.05, 0.1) is 15.7 Å². The Balaban J connectivity index is 1.43. The molecule has 1 aromatic heterocycles. The number of thiazole rings is 1. The number of anilines is 1. The van der Waals surface area contributed by atoms with Crippen molar-refractivity contribution in [2.45, 2.75) is 19.4 Å². The smallest absolute Gasteiger partial charge is 0.255 e. The van der Waals surface area contributed by atoms with Crippen molar-refractivity contribution in [3.05, 3.63) is 59.1 Å². The minimum Gasteiger partial charge on any atom is -0.322 e. The molecule has 0 radical (unpaired) electrons. The van der Waals surface area contributed by atoms with Gasteiger partial charge in [0, 0.05) is 17.8 Å². The van der Waals surface area contributed by atoms with Gasteiger partial charge < -0.3 is 5.32 Å². The van der Waals surface area contributed by atoms with Gasteiger partial charge in [0.2, 0.25) is 0 Å². The lowest BCUT2D eigenvalue weighted by Gasteiger charge is -2.14. The number of rotatable bonds is 4. The first-order valence-electron chi connectivity index (χ1n) is 8.24. The summed E-state index contributed by atoms with van der Waals surface area (Å²) in [5.74, 6) is -0.0856. The number of hydrogen-bond donors (Lipinski definition) is 1. The summed E-state index contributed by atoms with van der Waals surface area (Å²) in [5.41, 5.74) is 5.51. The van der Waals surface area contributed by atoms with Gasteiger partial charge in [-0.15, -0.1) is 11.3 Å². The molecule has 1 aliphatic heterocycles. The maximum atomic E-state index is 12.4. The van der Waals surface area contributed by atoms with E-state index in [2.05, 4.69) is 27.3 Å². The van der Waals surface area contributed by atoms with Gasteiger partial charge in [-0.2, -0.15) is 0 Å². The van der Waals surface area contributed by atoms with Crippen LogP contribution in [0.3, 0.4) is 0 Å². The van der Waals surface area contributed by atoms with Crippen LogP contribution in [-0.4, -0.2) is 28.9 Å². The van der Waals surface area contributed by atoms with Crippen molar-refractivity contribution < 1.29 is 4.79 Å². The van der Waals surface area contributed by atoms with Crippen molar-refractivity contribution >= 4 is 33.1 Å². The van der Waals surface area contributed by atoms with Crippen molar-refractivity contribution in [3.8, 4) is 0 Å². The van der Waals surface area contributed by atoms with Crippen LogP contribution < -0.4 is 5.32 Å². The summed E-state index contributed by atoms with van der Waals surface area (Å²) in [5, 5.41) is 2.97. The summed E-state index contributed by atoms with van der Waals surface area (Å²) in [6, 6.07) is 13.8. The third-order valence-electron chi connectivity index (χ3n) is 4.41. The van der Waals surface area contributed by atoms with Crippen molar-refractivity contribution in [2.24, 2.45) is 0 Å². The molecule has 1 fully saturated rings. The number of benzene rings is 2. The van der Waals surface area contributed by atoms with Crippen LogP contribution in [0.15, 0.2) is 48.0 Å². The zero-order valence-electron chi connectivity index (χ0n) is 13.4. The number of aromatic nitrogens is 1. The minimum atomic E-state index is -0.0856. The number of amides is 1. The molecule has 0 unspecified atom stereocenters. The van der Waals surface area contributed by atoms with Crippen LogP contribution in [0.1, 0.15) is 28.8 Å². The first-order valence-corrected chi connectivity index (χ1v) is 9.12. The predicted octanol–water partition coefficient (Wildman–Crippen LogP) is 4.14. The molecule has 1 aliphatic rings. The monoisotopic (exact) mass is 337 g/mol. The van der Waals surface area contributed by atoms with Gasteiger partial charge in [-0.05, 0) is 61.8 Å². The summed E-state index contributed by atoms with van der Waals surface area (Å²) in [6.45, 7) is 3.38. The lowest BCUT2D eigenvalue weighted by Crippen LogP contribution is -2.18. The number of carbonyl (C=O) groups excluding carboxylic acids is 1. The van der Waals surface area contributed by atoms with E-state index >= 15 is 0 Å². The molecule has 2 heterocycles. The van der Waals surface area contributed by atoms with Gasteiger partial charge in [0.15, 0.2) is 0 Å². The van der Waals surface area contributed by atoms with E-state index in [1.54, 1.807) is 16.8 Å². The average molecular weight is 337 g/mol. The van der Waals surface area contributed by atoms with E-state index in [0.717, 1.165) is 22.4 Å². The second kappa shape index (κ2) is 6.71. The first kappa shape index (κ1) is 15.3. The molecule has 1 amide bonds. The van der Waals surface area contributed by atoms with Crippen LogP contribution in [0.2, 0.25) is 0 Å². The largest absolute Gasteiger partial charge is 0.322 e. The minimum absolute atomic E-state index is 0.0856. The summed E-state index contributed by atoms with van der Waals surface area (Å²) >= 11 is 1.55. The van der Waals surface area contributed by atoms with Crippen LogP contribution in [0.5, 0.6) is 0 Å². The highest BCUT2D eigenvalue weighted by Gasteiger charge is 2.12. The van der Waals surface area contributed by atoms with E-state index < -0.39 is 0 Å². The number of fused-ring (bicyclic) bond motifs is 1. The lowest BCUT2D eigenvalue weighted by atomic mass is 10.1. The Bertz CT molecular complexity index is 850. The second-order valence-electron chi connectivity index (χ2n) is 6.17. The molecule has 5 heteroatoms. The molecule has 4 rings (SSSR count). The maximum absolute atomic E-state index is 12.4. The van der Waals surface area contributed by atoms with Crippen molar-refractivity contribution in [2.75, 3.05) is 18.4 Å². The molecular formula is C19H19N3OS. The topological polar surface area (TPSA) is 45.2 Å². The number of carbonyl (C=O) groups is 1. The molecule has 3 aromatic rings. The molecule has 0 aliphatic carbocycles. The molecule has 4 nitrogen and oxygen atoms in total. The second-order valence-corrected chi connectivity index (χ2v) is 7.06. The fraction of sp³-hybridized carbons (Fsp3) is 0.263. The zero-order chi connectivity index (χ0) is 16.4. The summed E-state index contributed by atoms with van der Waals surface area (Å²) in [4.78, 5) is 19.1. The maximum Gasteiger partial charge on any atom is 0.255 e. The highest BCUT2D eigenvalue weighted by Crippen LogP contribution is 2.20. The van der Waals surface area contributed by atoms with Gasteiger partial charge in [-0.25, -0.2) is 4.98 Å². The van der Waals surface area contributed by atoms with Crippen LogP contribution >= 0.6 is 11.3 Å². The van der Waals surface area contributed by atoms with E-state index in [-0.39, 0.29) is 5.91 Å². The van der Waals surface area contributed by atoms with Crippen LogP contribution in [0, 0.1) is 0 Å². The molecular weight excluding hydrogens is 318 g/mol. The predicted molar refractivity (Wildman–Crippen MR) is 98.5 cm³/mol. The van der Waals surface area contributed by atoms with E-state index in [1.165, 1.54) is 31.5 Å². The van der Waals surface area contributed by atoms with Crippen LogP contribution in [0.4, 0.5) is 5.69 Å². The molecule has 0 spiro atoms. The van der Waals surface area contributed by atoms with Crippen molar-refractivity contribution in [1.82, 2.24) is 9.88 Å². The van der Waals surface area contributed by atoms with E-state index in [4.69, 9.17) is 0 Å². The van der Waals surface area contributed by atoms with Gasteiger partial charge in [0.1, 0.15) is 0 Å². The van der Waals surface area contributed by atoms with Crippen LogP contribution in [0.25, 0.3) is 10.2 Å². The molecule has 24 heavy (non-hydrogen) atoms. The highest BCUT2D eigenvalue weighted by molar-refractivity contribution is 7.16. The number of nitrogens with zero attached hydrogens (tertiary/aromatic N) is 2. The van der Waals surface area contributed by atoms with Gasteiger partial charge in [-0.3, -0.25) is 9.69 Å². The van der Waals surface area contributed by atoms with E-state index in [0.29, 0.717) is 5.56 Å². The normalized spacial score (nSPS) is 15.0. The van der Waals surface area contributed by atoms with Crippen molar-refractivity contribution in [1.29, 1.82) is 0 Å². The third kappa shape index (κ3) is 3.32. The number of nitrogens with one attached hydrogen (secondary N) is 1. The highest BCUT2D eigenvalue weighted by atomic mass is 32.1. The Hall–Kier alpha value is -2.24. The summed E-state index contributed by atoms with van der Waals surface area (Å²) < 4.78 is 1.03. The fourth-order valence-corrected chi connectivity index (χ4v) is 3.81. The summed E-state index contributed by atoms with van der Waals surface area (Å²) in [6.07, 6.45) is 2.61. The Kier molecular flexibility index (Phi) is 4.28. The molecule has 0 saturated carbocycles. The van der Waals surface area contributed by atoms with Gasteiger partial charge in [-0.1, -0.05) is 12.1 Å². The number of likely N-dealkylation sites (tertiary alicyclic amines) is 1. The molecule has 2 aromatic carbocycles. The molecule has 1 N–H and O–H groups in total. The number of hydrogen-bond acceptors (Lipinski definition) is 4. The van der Waals surface area contributed by atoms with Crippen molar-refractivity contribution in [3.63, 3.8) is 0 Å².